The van der Waals surface area contributed by atoms with Gasteiger partial charge in [-0.05, 0) is 24.3 Å². The number of para-hydroxylation sites is 3. The average molecular weight is 237 g/mol. The first kappa shape index (κ1) is 12.0. The first-order chi connectivity index (χ1) is 8.72. The number of nitriles is 1. The summed E-state index contributed by atoms with van der Waals surface area (Å²) >= 11 is 0. The molecule has 0 heterocycles. The number of rotatable bonds is 3. The van der Waals surface area contributed by atoms with Crippen molar-refractivity contribution in [3.05, 3.63) is 54.1 Å². The van der Waals surface area contributed by atoms with Gasteiger partial charge in [-0.2, -0.15) is 5.26 Å². The number of nitrogens with zero attached hydrogens (tertiary/aromatic N) is 2. The summed E-state index contributed by atoms with van der Waals surface area (Å²) in [5.74, 6) is 0. The number of benzene rings is 2. The zero-order valence-corrected chi connectivity index (χ0v) is 10.5. The van der Waals surface area contributed by atoms with Crippen LogP contribution in [0.15, 0.2) is 48.5 Å². The fourth-order valence-corrected chi connectivity index (χ4v) is 1.80. The largest absolute Gasteiger partial charge is 0.376 e. The highest BCUT2D eigenvalue weighted by atomic mass is 15.1. The van der Waals surface area contributed by atoms with E-state index in [0.717, 1.165) is 17.1 Å². The lowest BCUT2D eigenvalue weighted by Crippen LogP contribution is -2.10. The zero-order chi connectivity index (χ0) is 13.0. The van der Waals surface area contributed by atoms with Gasteiger partial charge in [-0.3, -0.25) is 0 Å². The van der Waals surface area contributed by atoms with Gasteiger partial charge in [-0.1, -0.05) is 24.3 Å². The smallest absolute Gasteiger partial charge is 0.101 e. The lowest BCUT2D eigenvalue weighted by Gasteiger charge is -2.18. The molecule has 18 heavy (non-hydrogen) atoms. The summed E-state index contributed by atoms with van der Waals surface area (Å²) in [7, 11) is 3.99. The maximum absolute atomic E-state index is 9.07. The second kappa shape index (κ2) is 5.24. The maximum Gasteiger partial charge on any atom is 0.101 e. The Morgan fingerprint density at radius 2 is 1.56 bits per heavy atom. The van der Waals surface area contributed by atoms with Gasteiger partial charge in [0, 0.05) is 14.1 Å². The molecule has 0 aliphatic heterocycles. The second-order valence-corrected chi connectivity index (χ2v) is 4.19. The quantitative estimate of drug-likeness (QED) is 0.889. The van der Waals surface area contributed by atoms with Crippen LogP contribution in [-0.4, -0.2) is 14.1 Å². The van der Waals surface area contributed by atoms with Gasteiger partial charge in [0.25, 0.3) is 0 Å². The Balaban J connectivity index is 2.38. The van der Waals surface area contributed by atoms with E-state index in [0.29, 0.717) is 5.56 Å². The van der Waals surface area contributed by atoms with E-state index < -0.39 is 0 Å². The van der Waals surface area contributed by atoms with Crippen molar-refractivity contribution < 1.29 is 0 Å². The summed E-state index contributed by atoms with van der Waals surface area (Å²) in [6.45, 7) is 0. The average Bonchev–Trinajstić information content (AvgIpc) is 2.40. The van der Waals surface area contributed by atoms with E-state index in [1.807, 2.05) is 61.5 Å². The van der Waals surface area contributed by atoms with Crippen molar-refractivity contribution >= 4 is 17.1 Å². The Morgan fingerprint density at radius 1 is 0.944 bits per heavy atom. The summed E-state index contributed by atoms with van der Waals surface area (Å²) in [5, 5.41) is 12.4. The molecule has 3 heteroatoms. The number of hydrogen-bond donors (Lipinski definition) is 1. The molecule has 1 N–H and O–H groups in total. The summed E-state index contributed by atoms with van der Waals surface area (Å²) in [6, 6.07) is 17.7. The Morgan fingerprint density at radius 3 is 2.22 bits per heavy atom. The van der Waals surface area contributed by atoms with Crippen molar-refractivity contribution in [2.45, 2.75) is 0 Å². The number of anilines is 3. The molecule has 90 valence electrons. The minimum absolute atomic E-state index is 0.644. The molecule has 0 amide bonds. The third-order valence-corrected chi connectivity index (χ3v) is 2.70. The fourth-order valence-electron chi connectivity index (χ4n) is 1.80. The Labute approximate surface area is 107 Å². The van der Waals surface area contributed by atoms with Gasteiger partial charge in [-0.15, -0.1) is 0 Å². The molecule has 3 nitrogen and oxygen atoms in total. The van der Waals surface area contributed by atoms with Crippen LogP contribution in [0.5, 0.6) is 0 Å². The third kappa shape index (κ3) is 2.44. The Kier molecular flexibility index (Phi) is 3.49. The molecule has 0 aliphatic carbocycles. The molecular weight excluding hydrogens is 222 g/mol. The van der Waals surface area contributed by atoms with Crippen LogP contribution < -0.4 is 10.2 Å². The molecular formula is C15H15N3. The van der Waals surface area contributed by atoms with Crippen molar-refractivity contribution in [2.75, 3.05) is 24.3 Å². The maximum atomic E-state index is 9.07. The van der Waals surface area contributed by atoms with Gasteiger partial charge in [0.05, 0.1) is 22.6 Å². The summed E-state index contributed by atoms with van der Waals surface area (Å²) in [4.78, 5) is 2.04. The molecule has 0 radical (unpaired) electrons. The van der Waals surface area contributed by atoms with Crippen molar-refractivity contribution in [3.63, 3.8) is 0 Å². The van der Waals surface area contributed by atoms with Crippen LogP contribution in [0.25, 0.3) is 0 Å². The third-order valence-electron chi connectivity index (χ3n) is 2.70. The topological polar surface area (TPSA) is 39.1 Å². The molecule has 2 aromatic carbocycles. The Hall–Kier alpha value is -2.47. The molecule has 0 aromatic heterocycles. The Bertz CT molecular complexity index is 582. The highest BCUT2D eigenvalue weighted by Crippen LogP contribution is 2.28. The molecule has 0 fully saturated rings. The lowest BCUT2D eigenvalue weighted by molar-refractivity contribution is 1.13. The van der Waals surface area contributed by atoms with Crippen LogP contribution in [0.2, 0.25) is 0 Å². The zero-order valence-electron chi connectivity index (χ0n) is 10.5. The lowest BCUT2D eigenvalue weighted by atomic mass is 10.1. The molecule has 2 aromatic rings. The predicted molar refractivity (Wildman–Crippen MR) is 75.2 cm³/mol. The van der Waals surface area contributed by atoms with Crippen molar-refractivity contribution in [1.82, 2.24) is 0 Å². The summed E-state index contributed by atoms with van der Waals surface area (Å²) < 4.78 is 0. The molecule has 0 unspecified atom stereocenters. The molecule has 0 saturated heterocycles. The van der Waals surface area contributed by atoms with Crippen molar-refractivity contribution in [3.8, 4) is 6.07 Å². The standard InChI is InChI=1S/C15H15N3/c1-18(2)15-10-6-5-9-14(15)17-13-8-4-3-7-12(13)11-16/h3-10,17H,1-2H3. The van der Waals surface area contributed by atoms with E-state index in [9.17, 15) is 0 Å². The van der Waals surface area contributed by atoms with Gasteiger partial charge in [0.15, 0.2) is 0 Å². The van der Waals surface area contributed by atoms with Crippen LogP contribution in [0, 0.1) is 11.3 Å². The highest BCUT2D eigenvalue weighted by molar-refractivity contribution is 5.77. The highest BCUT2D eigenvalue weighted by Gasteiger charge is 2.06. The van der Waals surface area contributed by atoms with E-state index in [2.05, 4.69) is 11.4 Å². The minimum Gasteiger partial charge on any atom is -0.376 e. The molecule has 2 rings (SSSR count). The monoisotopic (exact) mass is 237 g/mol. The van der Waals surface area contributed by atoms with Crippen LogP contribution in [-0.2, 0) is 0 Å². The summed E-state index contributed by atoms with van der Waals surface area (Å²) in [6.07, 6.45) is 0. The van der Waals surface area contributed by atoms with Crippen molar-refractivity contribution in [2.24, 2.45) is 0 Å². The first-order valence-corrected chi connectivity index (χ1v) is 5.75. The molecule has 0 bridgehead atoms. The van der Waals surface area contributed by atoms with E-state index in [1.165, 1.54) is 0 Å². The van der Waals surface area contributed by atoms with Gasteiger partial charge in [0.2, 0.25) is 0 Å². The van der Waals surface area contributed by atoms with E-state index in [1.54, 1.807) is 6.07 Å². The molecule has 0 saturated carbocycles. The first-order valence-electron chi connectivity index (χ1n) is 5.75. The van der Waals surface area contributed by atoms with Crippen LogP contribution >= 0.6 is 0 Å². The van der Waals surface area contributed by atoms with Crippen LogP contribution in [0.3, 0.4) is 0 Å². The van der Waals surface area contributed by atoms with E-state index >= 15 is 0 Å². The van der Waals surface area contributed by atoms with Crippen LogP contribution in [0.4, 0.5) is 17.1 Å². The normalized spacial score (nSPS) is 9.61. The van der Waals surface area contributed by atoms with Crippen LogP contribution in [0.1, 0.15) is 5.56 Å². The predicted octanol–water partition coefficient (Wildman–Crippen LogP) is 3.37. The van der Waals surface area contributed by atoms with E-state index in [-0.39, 0.29) is 0 Å². The summed E-state index contributed by atoms with van der Waals surface area (Å²) in [5.41, 5.74) is 3.55. The molecule has 0 spiro atoms. The van der Waals surface area contributed by atoms with Crippen molar-refractivity contribution in [1.29, 1.82) is 5.26 Å². The van der Waals surface area contributed by atoms with Gasteiger partial charge in [-0.25, -0.2) is 0 Å². The molecule has 0 aliphatic rings. The molecule has 0 atom stereocenters. The SMILES string of the molecule is CN(C)c1ccccc1Nc1ccccc1C#N. The fraction of sp³-hybridized carbons (Fsp3) is 0.133. The van der Waals surface area contributed by atoms with Gasteiger partial charge >= 0.3 is 0 Å². The number of nitrogens with one attached hydrogen (secondary N) is 1. The van der Waals surface area contributed by atoms with Gasteiger partial charge < -0.3 is 10.2 Å². The van der Waals surface area contributed by atoms with Gasteiger partial charge in [0.1, 0.15) is 6.07 Å². The number of hydrogen-bond acceptors (Lipinski definition) is 3. The van der Waals surface area contributed by atoms with E-state index in [4.69, 9.17) is 5.26 Å². The minimum atomic E-state index is 0.644. The second-order valence-electron chi connectivity index (χ2n) is 4.19.